The summed E-state index contributed by atoms with van der Waals surface area (Å²) in [5, 5.41) is 17.5. The Labute approximate surface area is 69.8 Å². The van der Waals surface area contributed by atoms with Gasteiger partial charge in [-0.1, -0.05) is 6.92 Å². The Morgan fingerprint density at radius 3 is 2.64 bits per heavy atom. The number of hydrogen-bond donors (Lipinski definition) is 3. The van der Waals surface area contributed by atoms with E-state index in [4.69, 9.17) is 15.9 Å². The fraction of sp³-hybridized carbons (Fsp3) is 0.833. The highest BCUT2D eigenvalue weighted by atomic mass is 32.2. The molecule has 66 valence electrons. The molecule has 0 rings (SSSR count). The molecule has 2 atom stereocenters. The van der Waals surface area contributed by atoms with Gasteiger partial charge in [0.1, 0.15) is 6.04 Å². The molecule has 0 fully saturated rings. The summed E-state index contributed by atoms with van der Waals surface area (Å²) in [6.45, 7) is 1.93. The molecule has 0 saturated carbocycles. The van der Waals surface area contributed by atoms with Gasteiger partial charge >= 0.3 is 5.97 Å². The van der Waals surface area contributed by atoms with Crippen molar-refractivity contribution < 1.29 is 15.0 Å². The molecule has 5 heteroatoms. The molecule has 4 nitrogen and oxygen atoms in total. The number of nitrogens with two attached hydrogens (primary N) is 1. The second-order valence-electron chi connectivity index (χ2n) is 2.09. The van der Waals surface area contributed by atoms with E-state index in [0.717, 1.165) is 5.75 Å². The summed E-state index contributed by atoms with van der Waals surface area (Å²) in [5.41, 5.74) is 5.14. The van der Waals surface area contributed by atoms with Crippen LogP contribution in [0.4, 0.5) is 0 Å². The fourth-order valence-corrected chi connectivity index (χ4v) is 1.19. The molecule has 0 spiro atoms. The SMILES string of the molecule is CCSCC(O)C(N)C(=O)O. The molecule has 0 saturated heterocycles. The molecular formula is C6H13NO3S. The van der Waals surface area contributed by atoms with Crippen LogP contribution in [0.2, 0.25) is 0 Å². The van der Waals surface area contributed by atoms with Gasteiger partial charge in [-0.25, -0.2) is 0 Å². The van der Waals surface area contributed by atoms with Crippen LogP contribution in [0, 0.1) is 0 Å². The molecule has 0 bridgehead atoms. The van der Waals surface area contributed by atoms with Gasteiger partial charge in [0.25, 0.3) is 0 Å². The van der Waals surface area contributed by atoms with Crippen LogP contribution in [0.3, 0.4) is 0 Å². The third-order valence-corrected chi connectivity index (χ3v) is 2.18. The summed E-state index contributed by atoms with van der Waals surface area (Å²) in [6.07, 6.45) is -0.947. The molecule has 0 radical (unpaired) electrons. The van der Waals surface area contributed by atoms with Crippen molar-refractivity contribution >= 4 is 17.7 Å². The van der Waals surface area contributed by atoms with Crippen molar-refractivity contribution in [2.45, 2.75) is 19.1 Å². The highest BCUT2D eigenvalue weighted by Gasteiger charge is 2.20. The van der Waals surface area contributed by atoms with E-state index in [2.05, 4.69) is 0 Å². The molecule has 0 aromatic heterocycles. The lowest BCUT2D eigenvalue weighted by Crippen LogP contribution is -2.43. The van der Waals surface area contributed by atoms with Crippen molar-refractivity contribution in [2.75, 3.05) is 11.5 Å². The van der Waals surface area contributed by atoms with Gasteiger partial charge in [0.2, 0.25) is 0 Å². The normalized spacial score (nSPS) is 15.9. The molecular weight excluding hydrogens is 166 g/mol. The van der Waals surface area contributed by atoms with E-state index in [1.807, 2.05) is 6.92 Å². The third kappa shape index (κ3) is 4.23. The Morgan fingerprint density at radius 1 is 1.73 bits per heavy atom. The lowest BCUT2D eigenvalue weighted by atomic mass is 10.2. The molecule has 2 unspecified atom stereocenters. The van der Waals surface area contributed by atoms with E-state index in [-0.39, 0.29) is 0 Å². The van der Waals surface area contributed by atoms with Gasteiger partial charge in [-0.2, -0.15) is 11.8 Å². The van der Waals surface area contributed by atoms with Gasteiger partial charge in [-0.15, -0.1) is 0 Å². The van der Waals surface area contributed by atoms with Crippen molar-refractivity contribution in [3.63, 3.8) is 0 Å². The van der Waals surface area contributed by atoms with Gasteiger partial charge in [0.15, 0.2) is 0 Å². The highest BCUT2D eigenvalue weighted by molar-refractivity contribution is 7.99. The molecule has 0 aliphatic heterocycles. The second kappa shape index (κ2) is 5.40. The van der Waals surface area contributed by atoms with Crippen molar-refractivity contribution in [3.05, 3.63) is 0 Å². The standard InChI is InChI=1S/C6H13NO3S/c1-2-11-3-4(8)5(7)6(9)10/h4-5,8H,2-3,7H2,1H3,(H,9,10). The number of thioether (sulfide) groups is 1. The van der Waals surface area contributed by atoms with E-state index in [0.29, 0.717) is 5.75 Å². The highest BCUT2D eigenvalue weighted by Crippen LogP contribution is 2.03. The summed E-state index contributed by atoms with van der Waals surface area (Å²) in [7, 11) is 0. The van der Waals surface area contributed by atoms with E-state index < -0.39 is 18.1 Å². The lowest BCUT2D eigenvalue weighted by Gasteiger charge is -2.13. The van der Waals surface area contributed by atoms with Crippen LogP contribution >= 0.6 is 11.8 Å². The quantitative estimate of drug-likeness (QED) is 0.530. The van der Waals surface area contributed by atoms with Gasteiger partial charge in [-0.05, 0) is 5.75 Å². The van der Waals surface area contributed by atoms with E-state index in [9.17, 15) is 4.79 Å². The zero-order valence-corrected chi connectivity index (χ0v) is 7.17. The number of aliphatic hydroxyl groups excluding tert-OH is 1. The van der Waals surface area contributed by atoms with Crippen LogP contribution in [-0.4, -0.2) is 39.8 Å². The first-order chi connectivity index (χ1) is 5.09. The predicted octanol–water partition coefficient (Wildman–Crippen LogP) is -0.488. The monoisotopic (exact) mass is 179 g/mol. The number of carbonyl (C=O) groups is 1. The van der Waals surface area contributed by atoms with E-state index >= 15 is 0 Å². The van der Waals surface area contributed by atoms with Crippen LogP contribution in [0.5, 0.6) is 0 Å². The Hall–Kier alpha value is -0.260. The Bertz CT molecular complexity index is 131. The molecule has 0 heterocycles. The number of carboxylic acid groups (broad SMARTS) is 1. The third-order valence-electron chi connectivity index (χ3n) is 1.19. The lowest BCUT2D eigenvalue weighted by molar-refractivity contribution is -0.140. The molecule has 0 amide bonds. The minimum atomic E-state index is -1.16. The number of carboxylic acids is 1. The first-order valence-corrected chi connectivity index (χ1v) is 4.49. The number of aliphatic hydroxyl groups is 1. The zero-order valence-electron chi connectivity index (χ0n) is 6.36. The van der Waals surface area contributed by atoms with Gasteiger partial charge in [-0.3, -0.25) is 4.79 Å². The van der Waals surface area contributed by atoms with Crippen molar-refractivity contribution in [3.8, 4) is 0 Å². The topological polar surface area (TPSA) is 83.5 Å². The van der Waals surface area contributed by atoms with Crippen LogP contribution in [0.1, 0.15) is 6.92 Å². The Morgan fingerprint density at radius 2 is 2.27 bits per heavy atom. The van der Waals surface area contributed by atoms with Crippen LogP contribution < -0.4 is 5.73 Å². The minimum absolute atomic E-state index is 0.379. The van der Waals surface area contributed by atoms with Gasteiger partial charge in [0.05, 0.1) is 6.10 Å². The molecule has 0 aromatic carbocycles. The Kier molecular flexibility index (Phi) is 5.27. The average Bonchev–Trinajstić information content (AvgIpc) is 1.98. The molecule has 0 aromatic rings. The van der Waals surface area contributed by atoms with E-state index in [1.165, 1.54) is 11.8 Å². The zero-order chi connectivity index (χ0) is 8.85. The maximum atomic E-state index is 10.2. The first kappa shape index (κ1) is 10.7. The number of rotatable bonds is 5. The van der Waals surface area contributed by atoms with E-state index in [1.54, 1.807) is 0 Å². The molecule has 0 aliphatic rings. The molecule has 11 heavy (non-hydrogen) atoms. The first-order valence-electron chi connectivity index (χ1n) is 3.33. The summed E-state index contributed by atoms with van der Waals surface area (Å²) >= 11 is 1.47. The summed E-state index contributed by atoms with van der Waals surface area (Å²) in [6, 6.07) is -1.16. The number of hydrogen-bond acceptors (Lipinski definition) is 4. The second-order valence-corrected chi connectivity index (χ2v) is 3.41. The smallest absolute Gasteiger partial charge is 0.323 e. The largest absolute Gasteiger partial charge is 0.480 e. The van der Waals surface area contributed by atoms with Gasteiger partial charge < -0.3 is 15.9 Å². The van der Waals surface area contributed by atoms with Crippen LogP contribution in [0.25, 0.3) is 0 Å². The fourth-order valence-electron chi connectivity index (χ4n) is 0.507. The summed E-state index contributed by atoms with van der Waals surface area (Å²) in [5.74, 6) is 0.0714. The average molecular weight is 179 g/mol. The van der Waals surface area contributed by atoms with Crippen LogP contribution in [0.15, 0.2) is 0 Å². The van der Waals surface area contributed by atoms with Crippen molar-refractivity contribution in [1.29, 1.82) is 0 Å². The summed E-state index contributed by atoms with van der Waals surface area (Å²) < 4.78 is 0. The maximum absolute atomic E-state index is 10.2. The minimum Gasteiger partial charge on any atom is -0.480 e. The number of aliphatic carboxylic acids is 1. The van der Waals surface area contributed by atoms with Crippen molar-refractivity contribution in [2.24, 2.45) is 5.73 Å². The Balaban J connectivity index is 3.63. The van der Waals surface area contributed by atoms with Crippen molar-refractivity contribution in [1.82, 2.24) is 0 Å². The molecule has 0 aliphatic carbocycles. The molecule has 4 N–H and O–H groups in total. The maximum Gasteiger partial charge on any atom is 0.323 e. The van der Waals surface area contributed by atoms with Gasteiger partial charge in [0, 0.05) is 5.75 Å². The van der Waals surface area contributed by atoms with Crippen LogP contribution in [-0.2, 0) is 4.79 Å². The predicted molar refractivity (Wildman–Crippen MR) is 44.6 cm³/mol. The summed E-state index contributed by atoms with van der Waals surface area (Å²) in [4.78, 5) is 10.2.